The first-order valence-corrected chi connectivity index (χ1v) is 6.95. The molecule has 0 spiro atoms. The molecule has 1 aromatic rings. The minimum Gasteiger partial charge on any atom is -0.480 e. The summed E-state index contributed by atoms with van der Waals surface area (Å²) in [6.07, 6.45) is 6.69. The Balaban J connectivity index is 2.18. The first-order chi connectivity index (χ1) is 8.87. The van der Waals surface area contributed by atoms with Gasteiger partial charge in [-0.05, 0) is 37.0 Å². The molecule has 0 bridgehead atoms. The Morgan fingerprint density at radius 3 is 2.32 bits per heavy atom. The minimum absolute atomic E-state index is 0.299. The molecular formula is C15H24N2O2. The summed E-state index contributed by atoms with van der Waals surface area (Å²) in [5.74, 6) is 1.09. The van der Waals surface area contributed by atoms with Crippen molar-refractivity contribution in [1.29, 1.82) is 0 Å². The zero-order valence-corrected chi connectivity index (χ0v) is 12.3. The summed E-state index contributed by atoms with van der Waals surface area (Å²) in [4.78, 5) is 8.44. The SMILES string of the molecule is COc1nccnc1C1(O)CCC(C(C)(C)C)CC1. The second-order valence-corrected chi connectivity index (χ2v) is 6.59. The Bertz CT molecular complexity index is 432. The van der Waals surface area contributed by atoms with Gasteiger partial charge in [-0.3, -0.25) is 4.98 Å². The summed E-state index contributed by atoms with van der Waals surface area (Å²) >= 11 is 0. The fourth-order valence-corrected chi connectivity index (χ4v) is 2.99. The standard InChI is InChI=1S/C15H24N2O2/c1-14(2,3)11-5-7-15(18,8-6-11)12-13(19-4)17-10-9-16-12/h9-11,18H,5-8H2,1-4H3. The second-order valence-electron chi connectivity index (χ2n) is 6.59. The molecule has 2 rings (SSSR count). The van der Waals surface area contributed by atoms with Crippen LogP contribution in [0.3, 0.4) is 0 Å². The Morgan fingerprint density at radius 1 is 1.21 bits per heavy atom. The molecule has 0 saturated heterocycles. The van der Waals surface area contributed by atoms with E-state index in [2.05, 4.69) is 30.7 Å². The first kappa shape index (κ1) is 14.3. The summed E-state index contributed by atoms with van der Waals surface area (Å²) in [6.45, 7) is 6.81. The third kappa shape index (κ3) is 2.89. The van der Waals surface area contributed by atoms with Crippen LogP contribution in [0.5, 0.6) is 5.88 Å². The van der Waals surface area contributed by atoms with E-state index in [1.807, 2.05) is 0 Å². The van der Waals surface area contributed by atoms with Crippen molar-refractivity contribution < 1.29 is 9.84 Å². The first-order valence-electron chi connectivity index (χ1n) is 6.95. The average Bonchev–Trinajstić information content (AvgIpc) is 2.38. The van der Waals surface area contributed by atoms with Gasteiger partial charge in [0, 0.05) is 12.4 Å². The van der Waals surface area contributed by atoms with E-state index in [0.717, 1.165) is 25.7 Å². The van der Waals surface area contributed by atoms with E-state index < -0.39 is 5.60 Å². The predicted octanol–water partition coefficient (Wildman–Crippen LogP) is 2.91. The predicted molar refractivity (Wildman–Crippen MR) is 73.9 cm³/mol. The third-order valence-corrected chi connectivity index (χ3v) is 4.34. The van der Waals surface area contributed by atoms with Crippen LogP contribution in [0.25, 0.3) is 0 Å². The van der Waals surface area contributed by atoms with Gasteiger partial charge in [-0.1, -0.05) is 20.8 Å². The molecule has 1 aliphatic rings. The number of aromatic nitrogens is 2. The zero-order chi connectivity index (χ0) is 14.1. The Labute approximate surface area is 115 Å². The van der Waals surface area contributed by atoms with E-state index in [-0.39, 0.29) is 0 Å². The van der Waals surface area contributed by atoms with Crippen LogP contribution in [0, 0.1) is 11.3 Å². The zero-order valence-electron chi connectivity index (χ0n) is 12.3. The van der Waals surface area contributed by atoms with Gasteiger partial charge in [0.05, 0.1) is 7.11 Å². The lowest BCUT2D eigenvalue weighted by Gasteiger charge is -2.41. The van der Waals surface area contributed by atoms with Gasteiger partial charge < -0.3 is 9.84 Å². The van der Waals surface area contributed by atoms with Crippen LogP contribution in [0.2, 0.25) is 0 Å². The van der Waals surface area contributed by atoms with Gasteiger partial charge in [0.2, 0.25) is 5.88 Å². The van der Waals surface area contributed by atoms with Crippen LogP contribution >= 0.6 is 0 Å². The van der Waals surface area contributed by atoms with Crippen molar-refractivity contribution in [2.75, 3.05) is 7.11 Å². The van der Waals surface area contributed by atoms with E-state index in [4.69, 9.17) is 4.74 Å². The molecule has 1 aromatic heterocycles. The summed E-state index contributed by atoms with van der Waals surface area (Å²) in [6, 6.07) is 0. The lowest BCUT2D eigenvalue weighted by Crippen LogP contribution is -2.36. The molecule has 1 heterocycles. The number of ether oxygens (including phenoxy) is 1. The highest BCUT2D eigenvalue weighted by Gasteiger charge is 2.41. The Hall–Kier alpha value is -1.16. The number of hydrogen-bond acceptors (Lipinski definition) is 4. The molecule has 19 heavy (non-hydrogen) atoms. The summed E-state index contributed by atoms with van der Waals surface area (Å²) in [5.41, 5.74) is -0.000326. The smallest absolute Gasteiger partial charge is 0.238 e. The molecule has 0 amide bonds. The molecule has 0 atom stereocenters. The number of rotatable bonds is 2. The van der Waals surface area contributed by atoms with Crippen LogP contribution in [-0.2, 0) is 5.60 Å². The molecule has 4 heteroatoms. The number of methoxy groups -OCH3 is 1. The van der Waals surface area contributed by atoms with Crippen LogP contribution in [0.4, 0.5) is 0 Å². The normalized spacial score (nSPS) is 28.2. The van der Waals surface area contributed by atoms with Gasteiger partial charge in [0.1, 0.15) is 11.3 Å². The second kappa shape index (κ2) is 5.08. The van der Waals surface area contributed by atoms with Gasteiger partial charge in [-0.25, -0.2) is 4.98 Å². The van der Waals surface area contributed by atoms with Gasteiger partial charge in [-0.15, -0.1) is 0 Å². The fraction of sp³-hybridized carbons (Fsp3) is 0.733. The maximum Gasteiger partial charge on any atom is 0.238 e. The van der Waals surface area contributed by atoms with Crippen molar-refractivity contribution in [1.82, 2.24) is 9.97 Å². The van der Waals surface area contributed by atoms with Crippen molar-refractivity contribution in [2.45, 2.75) is 52.1 Å². The largest absolute Gasteiger partial charge is 0.480 e. The van der Waals surface area contributed by atoms with Gasteiger partial charge in [0.25, 0.3) is 0 Å². The van der Waals surface area contributed by atoms with E-state index in [9.17, 15) is 5.11 Å². The maximum atomic E-state index is 10.9. The van der Waals surface area contributed by atoms with Gasteiger partial charge >= 0.3 is 0 Å². The summed E-state index contributed by atoms with van der Waals surface area (Å²) < 4.78 is 5.22. The lowest BCUT2D eigenvalue weighted by molar-refractivity contribution is -0.0351. The molecule has 106 valence electrons. The monoisotopic (exact) mass is 264 g/mol. The van der Waals surface area contributed by atoms with E-state index >= 15 is 0 Å². The average molecular weight is 264 g/mol. The van der Waals surface area contributed by atoms with Crippen LogP contribution in [-0.4, -0.2) is 22.2 Å². The van der Waals surface area contributed by atoms with E-state index in [1.165, 1.54) is 0 Å². The Morgan fingerprint density at radius 2 is 1.79 bits per heavy atom. The van der Waals surface area contributed by atoms with Crippen molar-refractivity contribution in [3.63, 3.8) is 0 Å². The van der Waals surface area contributed by atoms with Crippen molar-refractivity contribution >= 4 is 0 Å². The molecule has 4 nitrogen and oxygen atoms in total. The molecule has 1 N–H and O–H groups in total. The number of aliphatic hydroxyl groups is 1. The van der Waals surface area contributed by atoms with Crippen LogP contribution in [0.1, 0.15) is 52.1 Å². The maximum absolute atomic E-state index is 10.9. The third-order valence-electron chi connectivity index (χ3n) is 4.34. The number of hydrogen-bond donors (Lipinski definition) is 1. The van der Waals surface area contributed by atoms with Crippen molar-refractivity contribution in [3.8, 4) is 5.88 Å². The highest BCUT2D eigenvalue weighted by Crippen LogP contribution is 2.46. The summed E-state index contributed by atoms with van der Waals surface area (Å²) in [5, 5.41) is 10.9. The topological polar surface area (TPSA) is 55.2 Å². The lowest BCUT2D eigenvalue weighted by atomic mass is 9.67. The van der Waals surface area contributed by atoms with Gasteiger partial charge in [-0.2, -0.15) is 0 Å². The molecule has 0 aliphatic heterocycles. The molecule has 0 unspecified atom stereocenters. The van der Waals surface area contributed by atoms with E-state index in [0.29, 0.717) is 22.9 Å². The number of nitrogens with zero attached hydrogens (tertiary/aromatic N) is 2. The van der Waals surface area contributed by atoms with Crippen LogP contribution < -0.4 is 4.74 Å². The molecule has 1 fully saturated rings. The van der Waals surface area contributed by atoms with Crippen molar-refractivity contribution in [3.05, 3.63) is 18.1 Å². The van der Waals surface area contributed by atoms with Crippen molar-refractivity contribution in [2.24, 2.45) is 11.3 Å². The molecular weight excluding hydrogens is 240 g/mol. The molecule has 1 aliphatic carbocycles. The highest BCUT2D eigenvalue weighted by molar-refractivity contribution is 5.25. The van der Waals surface area contributed by atoms with Crippen LogP contribution in [0.15, 0.2) is 12.4 Å². The fourth-order valence-electron chi connectivity index (χ4n) is 2.99. The Kier molecular flexibility index (Phi) is 3.81. The quantitative estimate of drug-likeness (QED) is 0.892. The molecule has 0 radical (unpaired) electrons. The van der Waals surface area contributed by atoms with E-state index in [1.54, 1.807) is 19.5 Å². The van der Waals surface area contributed by atoms with Gasteiger partial charge in [0.15, 0.2) is 0 Å². The minimum atomic E-state index is -0.888. The summed E-state index contributed by atoms with van der Waals surface area (Å²) in [7, 11) is 1.57. The molecule has 0 aromatic carbocycles. The highest BCUT2D eigenvalue weighted by atomic mass is 16.5. The molecule has 1 saturated carbocycles.